The fraction of sp³-hybridized carbons (Fsp3) is 0.733. The first kappa shape index (κ1) is 14.3. The monoisotopic (exact) mass is 263 g/mol. The summed E-state index contributed by atoms with van der Waals surface area (Å²) < 4.78 is 5.96. The molecule has 0 aliphatic heterocycles. The van der Waals surface area contributed by atoms with E-state index in [1.165, 1.54) is 19.3 Å². The van der Waals surface area contributed by atoms with Gasteiger partial charge < -0.3 is 10.1 Å². The summed E-state index contributed by atoms with van der Waals surface area (Å²) in [4.78, 5) is 8.79. The molecule has 2 rings (SSSR count). The predicted molar refractivity (Wildman–Crippen MR) is 76.2 cm³/mol. The highest BCUT2D eigenvalue weighted by molar-refractivity contribution is 5.17. The third-order valence-electron chi connectivity index (χ3n) is 4.01. The van der Waals surface area contributed by atoms with E-state index in [2.05, 4.69) is 22.2 Å². The van der Waals surface area contributed by atoms with Crippen LogP contribution in [0, 0.1) is 12.8 Å². The molecule has 19 heavy (non-hydrogen) atoms. The Hall–Kier alpha value is -1.16. The Bertz CT molecular complexity index is 408. The minimum atomic E-state index is 0.299. The maximum atomic E-state index is 5.96. The van der Waals surface area contributed by atoms with Crippen LogP contribution in [0.2, 0.25) is 0 Å². The van der Waals surface area contributed by atoms with Crippen LogP contribution in [0.4, 0.5) is 0 Å². The number of aryl methyl sites for hydroxylation is 1. The first-order chi connectivity index (χ1) is 9.22. The molecule has 0 radical (unpaired) electrons. The molecule has 1 fully saturated rings. The number of nitrogens with zero attached hydrogens (tertiary/aromatic N) is 2. The van der Waals surface area contributed by atoms with Crippen molar-refractivity contribution in [3.8, 4) is 6.01 Å². The van der Waals surface area contributed by atoms with Gasteiger partial charge in [0, 0.05) is 24.0 Å². The van der Waals surface area contributed by atoms with Crippen molar-refractivity contribution in [1.82, 2.24) is 15.3 Å². The first-order valence-corrected chi connectivity index (χ1v) is 7.36. The average Bonchev–Trinajstić information content (AvgIpc) is 2.42. The molecular formula is C15H25N3O. The second-order valence-electron chi connectivity index (χ2n) is 5.47. The lowest BCUT2D eigenvalue weighted by Crippen LogP contribution is -2.26. The average molecular weight is 263 g/mol. The van der Waals surface area contributed by atoms with Gasteiger partial charge in [-0.25, -0.2) is 9.97 Å². The van der Waals surface area contributed by atoms with Crippen molar-refractivity contribution in [3.63, 3.8) is 0 Å². The smallest absolute Gasteiger partial charge is 0.316 e. The van der Waals surface area contributed by atoms with E-state index in [0.717, 1.165) is 36.6 Å². The number of aromatic nitrogens is 2. The van der Waals surface area contributed by atoms with Gasteiger partial charge in [0.2, 0.25) is 0 Å². The molecule has 0 bridgehead atoms. The molecule has 106 valence electrons. The molecule has 2 atom stereocenters. The molecule has 1 aliphatic rings. The quantitative estimate of drug-likeness (QED) is 0.887. The second-order valence-corrected chi connectivity index (χ2v) is 5.47. The molecule has 0 spiro atoms. The van der Waals surface area contributed by atoms with Gasteiger partial charge in [-0.3, -0.25) is 0 Å². The lowest BCUT2D eigenvalue weighted by Gasteiger charge is -2.28. The molecule has 0 amide bonds. The Morgan fingerprint density at radius 2 is 2.26 bits per heavy atom. The SMILES string of the molecule is CCC1CCCC(Oc2ncc(CNC)c(C)n2)C1. The van der Waals surface area contributed by atoms with E-state index in [0.29, 0.717) is 12.1 Å². The minimum Gasteiger partial charge on any atom is -0.460 e. The van der Waals surface area contributed by atoms with Crippen molar-refractivity contribution in [2.75, 3.05) is 7.05 Å². The second kappa shape index (κ2) is 6.85. The van der Waals surface area contributed by atoms with E-state index in [1.54, 1.807) is 0 Å². The van der Waals surface area contributed by atoms with Crippen LogP contribution < -0.4 is 10.1 Å². The molecule has 1 heterocycles. The van der Waals surface area contributed by atoms with Crippen LogP contribution in [0.25, 0.3) is 0 Å². The first-order valence-electron chi connectivity index (χ1n) is 7.36. The highest BCUT2D eigenvalue weighted by atomic mass is 16.5. The zero-order valence-corrected chi connectivity index (χ0v) is 12.3. The molecule has 1 saturated carbocycles. The van der Waals surface area contributed by atoms with Crippen molar-refractivity contribution in [2.45, 2.75) is 58.6 Å². The molecule has 1 N–H and O–H groups in total. The molecule has 4 nitrogen and oxygen atoms in total. The Labute approximate surface area is 116 Å². The van der Waals surface area contributed by atoms with Crippen LogP contribution in [-0.4, -0.2) is 23.1 Å². The predicted octanol–water partition coefficient (Wildman–Crippen LogP) is 2.85. The topological polar surface area (TPSA) is 47.0 Å². The van der Waals surface area contributed by atoms with Gasteiger partial charge in [-0.2, -0.15) is 0 Å². The molecule has 1 aliphatic carbocycles. The van der Waals surface area contributed by atoms with Crippen molar-refractivity contribution in [2.24, 2.45) is 5.92 Å². The molecular weight excluding hydrogens is 238 g/mol. The van der Waals surface area contributed by atoms with Crippen LogP contribution in [0.5, 0.6) is 6.01 Å². The van der Waals surface area contributed by atoms with Crippen molar-refractivity contribution in [3.05, 3.63) is 17.5 Å². The summed E-state index contributed by atoms with van der Waals surface area (Å²) in [5.41, 5.74) is 2.13. The maximum Gasteiger partial charge on any atom is 0.316 e. The van der Waals surface area contributed by atoms with Gasteiger partial charge in [0.05, 0.1) is 0 Å². The zero-order chi connectivity index (χ0) is 13.7. The van der Waals surface area contributed by atoms with Crippen LogP contribution in [0.3, 0.4) is 0 Å². The lowest BCUT2D eigenvalue weighted by atomic mass is 9.85. The number of hydrogen-bond acceptors (Lipinski definition) is 4. The normalized spacial score (nSPS) is 23.3. The standard InChI is InChI=1S/C15H25N3O/c1-4-12-6-5-7-14(8-12)19-15-17-10-13(9-16-3)11(2)18-15/h10,12,14,16H,4-9H2,1-3H3. The van der Waals surface area contributed by atoms with Crippen molar-refractivity contribution >= 4 is 0 Å². The number of nitrogens with one attached hydrogen (secondary N) is 1. The van der Waals surface area contributed by atoms with E-state index in [4.69, 9.17) is 4.74 Å². The van der Waals surface area contributed by atoms with E-state index < -0.39 is 0 Å². The fourth-order valence-electron chi connectivity index (χ4n) is 2.76. The highest BCUT2D eigenvalue weighted by Crippen LogP contribution is 2.28. The fourth-order valence-corrected chi connectivity index (χ4v) is 2.76. The van der Waals surface area contributed by atoms with Gasteiger partial charge in [0.25, 0.3) is 0 Å². The summed E-state index contributed by atoms with van der Waals surface area (Å²) in [5, 5.41) is 3.12. The Kier molecular flexibility index (Phi) is 5.14. The largest absolute Gasteiger partial charge is 0.460 e. The van der Waals surface area contributed by atoms with Crippen LogP contribution >= 0.6 is 0 Å². The summed E-state index contributed by atoms with van der Waals surface area (Å²) in [6.07, 6.45) is 8.31. The molecule has 0 saturated heterocycles. The van der Waals surface area contributed by atoms with Crippen molar-refractivity contribution < 1.29 is 4.74 Å². The van der Waals surface area contributed by atoms with Gasteiger partial charge in [0.15, 0.2) is 0 Å². The third kappa shape index (κ3) is 3.90. The van der Waals surface area contributed by atoms with E-state index in [1.807, 2.05) is 20.2 Å². The van der Waals surface area contributed by atoms with Crippen molar-refractivity contribution in [1.29, 1.82) is 0 Å². The Morgan fingerprint density at radius 3 is 2.95 bits per heavy atom. The molecule has 1 aromatic rings. The third-order valence-corrected chi connectivity index (χ3v) is 4.01. The van der Waals surface area contributed by atoms with Gasteiger partial charge in [0.1, 0.15) is 6.10 Å². The summed E-state index contributed by atoms with van der Waals surface area (Å²) in [7, 11) is 1.93. The van der Waals surface area contributed by atoms with Gasteiger partial charge >= 0.3 is 6.01 Å². The molecule has 4 heteroatoms. The zero-order valence-electron chi connectivity index (χ0n) is 12.3. The maximum absolute atomic E-state index is 5.96. The summed E-state index contributed by atoms with van der Waals surface area (Å²) >= 11 is 0. The van der Waals surface area contributed by atoms with Gasteiger partial charge in [-0.15, -0.1) is 0 Å². The van der Waals surface area contributed by atoms with Crippen LogP contribution in [0.1, 0.15) is 50.3 Å². The van der Waals surface area contributed by atoms with Crippen LogP contribution in [0.15, 0.2) is 6.20 Å². The number of ether oxygens (including phenoxy) is 1. The van der Waals surface area contributed by atoms with Gasteiger partial charge in [-0.1, -0.05) is 19.8 Å². The summed E-state index contributed by atoms with van der Waals surface area (Å²) in [5.74, 6) is 0.809. The van der Waals surface area contributed by atoms with Crippen LogP contribution in [-0.2, 0) is 6.54 Å². The summed E-state index contributed by atoms with van der Waals surface area (Å²) in [6, 6.07) is 0.541. The lowest BCUT2D eigenvalue weighted by molar-refractivity contribution is 0.111. The number of rotatable bonds is 5. The highest BCUT2D eigenvalue weighted by Gasteiger charge is 2.22. The van der Waals surface area contributed by atoms with Gasteiger partial charge in [-0.05, 0) is 39.2 Å². The van der Waals surface area contributed by atoms with E-state index >= 15 is 0 Å². The Morgan fingerprint density at radius 1 is 1.42 bits per heavy atom. The van der Waals surface area contributed by atoms with E-state index in [9.17, 15) is 0 Å². The summed E-state index contributed by atoms with van der Waals surface area (Å²) in [6.45, 7) is 5.07. The molecule has 2 unspecified atom stereocenters. The Balaban J connectivity index is 1.97. The molecule has 0 aromatic carbocycles. The molecule has 1 aromatic heterocycles. The van der Waals surface area contributed by atoms with E-state index in [-0.39, 0.29) is 0 Å². The minimum absolute atomic E-state index is 0.299. The number of hydrogen-bond donors (Lipinski definition) is 1.